The Bertz CT molecular complexity index is 84.1. The molecule has 0 amide bonds. The minimum absolute atomic E-state index is 0. The van der Waals surface area contributed by atoms with Gasteiger partial charge in [-0.15, -0.1) is 36.6 Å². The maximum Gasteiger partial charge on any atom is 0.153 e. The highest BCUT2D eigenvalue weighted by molar-refractivity contribution is 14.0. The standard InChI is InChI=1S/C3H6N2S.CH4.HI/c6-3-4-1-2-5-3;;/h1-2H2,(H2,4,5,6);1H4;1H. The van der Waals surface area contributed by atoms with Crippen LogP contribution >= 0.6 is 36.6 Å². The van der Waals surface area contributed by atoms with Crippen LogP contribution < -0.4 is 5.32 Å². The Balaban J connectivity index is 0. The van der Waals surface area contributed by atoms with Gasteiger partial charge in [0.1, 0.15) is 0 Å². The number of nitrogens with zero attached hydrogens (tertiary/aromatic N) is 1. The van der Waals surface area contributed by atoms with E-state index in [9.17, 15) is 0 Å². The van der Waals surface area contributed by atoms with Gasteiger partial charge in [0.05, 0.1) is 6.54 Å². The predicted molar refractivity (Wildman–Crippen MR) is 51.4 cm³/mol. The van der Waals surface area contributed by atoms with Gasteiger partial charge in [-0.3, -0.25) is 4.99 Å². The van der Waals surface area contributed by atoms with Crippen LogP contribution in [0.5, 0.6) is 0 Å². The Morgan fingerprint density at radius 3 is 2.38 bits per heavy atom. The maximum absolute atomic E-state index is 3.93. The molecule has 0 radical (unpaired) electrons. The molecule has 1 aliphatic heterocycles. The smallest absolute Gasteiger partial charge is 0.153 e. The molecule has 1 aliphatic rings. The van der Waals surface area contributed by atoms with Gasteiger partial charge in [-0.25, -0.2) is 0 Å². The van der Waals surface area contributed by atoms with E-state index >= 15 is 0 Å². The fourth-order valence-corrected chi connectivity index (χ4v) is 0.597. The van der Waals surface area contributed by atoms with E-state index in [2.05, 4.69) is 22.9 Å². The van der Waals surface area contributed by atoms with Crippen molar-refractivity contribution in [3.8, 4) is 0 Å². The van der Waals surface area contributed by atoms with Gasteiger partial charge in [-0.2, -0.15) is 0 Å². The number of rotatable bonds is 0. The van der Waals surface area contributed by atoms with Gasteiger partial charge in [0.2, 0.25) is 0 Å². The topological polar surface area (TPSA) is 24.4 Å². The molecule has 0 aliphatic carbocycles. The molecule has 0 saturated heterocycles. The summed E-state index contributed by atoms with van der Waals surface area (Å²) < 4.78 is 0. The van der Waals surface area contributed by atoms with E-state index in [0.717, 1.165) is 18.3 Å². The molecule has 1 heterocycles. The normalized spacial score (nSPS) is 14.9. The molecular formula is C4H11IN2S. The first kappa shape index (κ1) is 11.4. The van der Waals surface area contributed by atoms with E-state index in [0.29, 0.717) is 0 Å². The second-order valence-electron chi connectivity index (χ2n) is 1.13. The van der Waals surface area contributed by atoms with Gasteiger partial charge in [0.15, 0.2) is 5.17 Å². The molecular weight excluding hydrogens is 235 g/mol. The van der Waals surface area contributed by atoms with E-state index in [1.807, 2.05) is 0 Å². The largest absolute Gasteiger partial charge is 0.363 e. The maximum atomic E-state index is 3.93. The molecule has 4 heteroatoms. The minimum atomic E-state index is 0. The van der Waals surface area contributed by atoms with Crippen molar-refractivity contribution in [2.75, 3.05) is 13.1 Å². The molecule has 0 aromatic heterocycles. The lowest BCUT2D eigenvalue weighted by atomic mass is 10.7. The minimum Gasteiger partial charge on any atom is -0.363 e. The third-order valence-electron chi connectivity index (χ3n) is 0.656. The Hall–Kier alpha value is 0.550. The zero-order valence-corrected chi connectivity index (χ0v) is 6.94. The Labute approximate surface area is 72.6 Å². The zero-order valence-electron chi connectivity index (χ0n) is 3.72. The number of halogens is 1. The van der Waals surface area contributed by atoms with Crippen molar-refractivity contribution < 1.29 is 0 Å². The summed E-state index contributed by atoms with van der Waals surface area (Å²) in [7, 11) is 0. The van der Waals surface area contributed by atoms with Crippen molar-refractivity contribution in [3.05, 3.63) is 0 Å². The molecule has 0 unspecified atom stereocenters. The Morgan fingerprint density at radius 2 is 2.25 bits per heavy atom. The number of amidine groups is 1. The van der Waals surface area contributed by atoms with Crippen molar-refractivity contribution in [2.24, 2.45) is 4.99 Å². The summed E-state index contributed by atoms with van der Waals surface area (Å²) in [6.07, 6.45) is 0. The van der Waals surface area contributed by atoms with Crippen molar-refractivity contribution in [1.82, 2.24) is 5.32 Å². The van der Waals surface area contributed by atoms with E-state index in [-0.39, 0.29) is 31.4 Å². The first-order valence-electron chi connectivity index (χ1n) is 1.87. The van der Waals surface area contributed by atoms with Gasteiger partial charge < -0.3 is 5.32 Å². The van der Waals surface area contributed by atoms with Gasteiger partial charge >= 0.3 is 0 Å². The molecule has 1 rings (SSSR count). The van der Waals surface area contributed by atoms with Crippen molar-refractivity contribution >= 4 is 41.8 Å². The third-order valence-corrected chi connectivity index (χ3v) is 0.956. The van der Waals surface area contributed by atoms with Crippen LogP contribution in [0.3, 0.4) is 0 Å². The number of aliphatic imine (C=N–C) groups is 1. The molecule has 0 atom stereocenters. The monoisotopic (exact) mass is 246 g/mol. The highest BCUT2D eigenvalue weighted by Gasteiger charge is 1.94. The quantitative estimate of drug-likeness (QED) is 0.486. The lowest BCUT2D eigenvalue weighted by Gasteiger charge is -1.84. The summed E-state index contributed by atoms with van der Waals surface area (Å²) >= 11 is 3.93. The fourth-order valence-electron chi connectivity index (χ4n) is 0.385. The highest BCUT2D eigenvalue weighted by atomic mass is 127. The average Bonchev–Trinajstić information content (AvgIpc) is 1.86. The summed E-state index contributed by atoms with van der Waals surface area (Å²) in [5.41, 5.74) is 0. The van der Waals surface area contributed by atoms with Crippen LogP contribution in [0.25, 0.3) is 0 Å². The molecule has 0 bridgehead atoms. The SMILES string of the molecule is C.I.SC1=NCCN1. The lowest BCUT2D eigenvalue weighted by Crippen LogP contribution is -2.11. The van der Waals surface area contributed by atoms with Crippen LogP contribution in [0, 0.1) is 0 Å². The Kier molecular flexibility index (Phi) is 8.07. The molecule has 50 valence electrons. The van der Waals surface area contributed by atoms with Crippen LogP contribution in [0.1, 0.15) is 7.43 Å². The lowest BCUT2D eigenvalue weighted by molar-refractivity contribution is 0.964. The molecule has 0 aromatic carbocycles. The van der Waals surface area contributed by atoms with Crippen LogP contribution in [-0.4, -0.2) is 18.3 Å². The molecule has 0 spiro atoms. The van der Waals surface area contributed by atoms with E-state index < -0.39 is 0 Å². The summed E-state index contributed by atoms with van der Waals surface area (Å²) in [5, 5.41) is 3.71. The second kappa shape index (κ2) is 5.68. The molecule has 1 N–H and O–H groups in total. The van der Waals surface area contributed by atoms with Crippen molar-refractivity contribution in [3.63, 3.8) is 0 Å². The Morgan fingerprint density at radius 1 is 1.62 bits per heavy atom. The number of thiol groups is 1. The van der Waals surface area contributed by atoms with E-state index in [1.54, 1.807) is 0 Å². The van der Waals surface area contributed by atoms with E-state index in [4.69, 9.17) is 0 Å². The molecule has 0 saturated carbocycles. The highest BCUT2D eigenvalue weighted by Crippen LogP contribution is 1.85. The van der Waals surface area contributed by atoms with Crippen molar-refractivity contribution in [1.29, 1.82) is 0 Å². The average molecular weight is 246 g/mol. The molecule has 0 fully saturated rings. The van der Waals surface area contributed by atoms with Crippen LogP contribution in [0.4, 0.5) is 0 Å². The molecule has 2 nitrogen and oxygen atoms in total. The summed E-state index contributed by atoms with van der Waals surface area (Å²) in [6.45, 7) is 1.84. The van der Waals surface area contributed by atoms with Gasteiger partial charge in [-0.1, -0.05) is 7.43 Å². The predicted octanol–water partition coefficient (Wildman–Crippen LogP) is 1.13. The fraction of sp³-hybridized carbons (Fsp3) is 0.750. The van der Waals surface area contributed by atoms with Gasteiger partial charge in [0, 0.05) is 6.54 Å². The summed E-state index contributed by atoms with van der Waals surface area (Å²) in [5.74, 6) is 0. The molecule has 0 aromatic rings. The van der Waals surface area contributed by atoms with Crippen LogP contribution in [0.15, 0.2) is 4.99 Å². The van der Waals surface area contributed by atoms with Crippen LogP contribution in [0.2, 0.25) is 0 Å². The van der Waals surface area contributed by atoms with Crippen LogP contribution in [-0.2, 0) is 0 Å². The summed E-state index contributed by atoms with van der Waals surface area (Å²) in [6, 6.07) is 0. The first-order valence-corrected chi connectivity index (χ1v) is 2.31. The third kappa shape index (κ3) is 3.54. The molecule has 8 heavy (non-hydrogen) atoms. The van der Waals surface area contributed by atoms with E-state index in [1.165, 1.54) is 0 Å². The van der Waals surface area contributed by atoms with Gasteiger partial charge in [-0.05, 0) is 0 Å². The second-order valence-corrected chi connectivity index (χ2v) is 1.56. The first-order chi connectivity index (χ1) is 2.89. The number of hydrogen-bond acceptors (Lipinski definition) is 2. The zero-order chi connectivity index (χ0) is 4.41. The van der Waals surface area contributed by atoms with Gasteiger partial charge in [0.25, 0.3) is 0 Å². The number of hydrogen-bond donors (Lipinski definition) is 2. The summed E-state index contributed by atoms with van der Waals surface area (Å²) in [4.78, 5) is 3.91. The number of nitrogens with one attached hydrogen (secondary N) is 1. The van der Waals surface area contributed by atoms with Crippen molar-refractivity contribution in [2.45, 2.75) is 7.43 Å².